The van der Waals surface area contributed by atoms with Gasteiger partial charge in [0.25, 0.3) is 0 Å². The lowest BCUT2D eigenvalue weighted by atomic mass is 9.85. The predicted molar refractivity (Wildman–Crippen MR) is 305 cm³/mol. The van der Waals surface area contributed by atoms with E-state index in [-0.39, 0.29) is 63.6 Å². The van der Waals surface area contributed by atoms with Gasteiger partial charge >= 0.3 is 6.09 Å². The van der Waals surface area contributed by atoms with E-state index in [0.717, 1.165) is 49.5 Å². The first kappa shape index (κ1) is 58.7. The maximum atomic E-state index is 14.3. The van der Waals surface area contributed by atoms with E-state index < -0.39 is 83.2 Å². The first-order valence-electron chi connectivity index (χ1n) is 27.3. The van der Waals surface area contributed by atoms with Gasteiger partial charge < -0.3 is 46.5 Å². The van der Waals surface area contributed by atoms with Crippen LogP contribution in [0.1, 0.15) is 108 Å². The summed E-state index contributed by atoms with van der Waals surface area (Å²) in [4.78, 5) is 103. The van der Waals surface area contributed by atoms with Gasteiger partial charge in [-0.25, -0.2) is 9.78 Å². The quantitative estimate of drug-likeness (QED) is 0.0515. The number of benzene rings is 4. The molecule has 3 aliphatic rings. The summed E-state index contributed by atoms with van der Waals surface area (Å²) in [6.07, 6.45) is -0.876. The number of rotatable bonds is 19. The molecule has 424 valence electrons. The van der Waals surface area contributed by atoms with Crippen LogP contribution in [0.2, 0.25) is 0 Å². The number of β-amino-alcohol motifs (C(OH)–C–C–N with tert-alkyl or cyclic N) is 1. The van der Waals surface area contributed by atoms with Gasteiger partial charge in [0, 0.05) is 32.4 Å². The number of nitrogens with two attached hydrogens (primary N) is 1. The van der Waals surface area contributed by atoms with Crippen molar-refractivity contribution in [1.82, 2.24) is 31.2 Å². The normalized spacial score (nSPS) is 19.0. The maximum Gasteiger partial charge on any atom is 0.408 e. The number of carbonyl (C=O) groups is 7. The number of nitrogens with zero attached hydrogens (tertiary/aromatic N) is 3. The topological polar surface area (TPSA) is 252 Å². The van der Waals surface area contributed by atoms with E-state index >= 15 is 0 Å². The highest BCUT2D eigenvalue weighted by Crippen LogP contribution is 2.39. The molecule has 7 N–H and O–H groups in total. The van der Waals surface area contributed by atoms with Gasteiger partial charge in [-0.2, -0.15) is 0 Å². The number of anilines is 1. The number of primary amides is 1. The minimum absolute atomic E-state index is 0.0141. The van der Waals surface area contributed by atoms with E-state index in [1.807, 2.05) is 131 Å². The summed E-state index contributed by atoms with van der Waals surface area (Å²) < 4.78 is 11.8. The smallest absolute Gasteiger partial charge is 0.408 e. The summed E-state index contributed by atoms with van der Waals surface area (Å²) >= 11 is 1.56. The fourth-order valence-corrected chi connectivity index (χ4v) is 11.4. The number of aryl methyl sites for hydroxylation is 2. The number of likely N-dealkylation sites (tertiary alicyclic amines) is 1. The molecule has 8 rings (SSSR count). The number of nitrogens with one attached hydrogen (secondary N) is 4. The van der Waals surface area contributed by atoms with Gasteiger partial charge in [0.2, 0.25) is 35.4 Å². The van der Waals surface area contributed by atoms with E-state index in [4.69, 9.17) is 15.2 Å². The first-order chi connectivity index (χ1) is 37.9. The summed E-state index contributed by atoms with van der Waals surface area (Å²) in [5.41, 5.74) is 14.5. The number of hydrogen-bond donors (Lipinski definition) is 6. The third-order valence-corrected chi connectivity index (χ3v) is 15.8. The molecule has 4 aromatic carbocycles. The van der Waals surface area contributed by atoms with Crippen molar-refractivity contribution < 1.29 is 48.1 Å². The molecular weight excluding hydrogens is 1040 g/mol. The number of hydrogen-bond acceptors (Lipinski definition) is 12. The number of carbonyl (C=O) groups excluding carboxylic acids is 7. The van der Waals surface area contributed by atoms with E-state index in [2.05, 4.69) is 26.3 Å². The van der Waals surface area contributed by atoms with Crippen LogP contribution in [0.15, 0.2) is 96.5 Å². The Morgan fingerprint density at radius 2 is 1.52 bits per heavy atom. The van der Waals surface area contributed by atoms with Crippen molar-refractivity contribution in [1.29, 1.82) is 0 Å². The molecule has 0 saturated carbocycles. The van der Waals surface area contributed by atoms with Gasteiger partial charge in [0.05, 0.1) is 53.0 Å². The highest BCUT2D eigenvalue weighted by Gasteiger charge is 2.46. The van der Waals surface area contributed by atoms with Crippen molar-refractivity contribution in [3.05, 3.63) is 130 Å². The van der Waals surface area contributed by atoms with Crippen LogP contribution in [0.4, 0.5) is 10.5 Å². The number of para-hydroxylation sites is 1. The zero-order valence-corrected chi connectivity index (χ0v) is 47.6. The van der Waals surface area contributed by atoms with Crippen LogP contribution in [0.3, 0.4) is 0 Å². The molecule has 80 heavy (non-hydrogen) atoms. The standard InChI is InChI=1S/C61H74N8O10S/c1-35-53(80-34-64-35)42-21-15-37(16-22-42)31-63-55(73)48-30-45(70)32-68(48)58(76)54(60(3,4)5)67-51(72)28-39-11-9-13-43(27-39)40-19-17-38(18-20-40)33-78-36(2)46(25-26-50(62)71)65-56(74)49-29-44-14-10-12-41-23-24-47(57(75)69(49)52(41)44)66-59(77)79-61(6,7)8/h9-22,27,34,36,45-49,54,70H,23-26,28-33H2,1-8H3,(H2,62,71)(H,63,73)(H,65,74)(H,66,77)(H,67,72)/t36-,45-,46+,47+,48+,49+,54-/m1/s1. The second-order valence-corrected chi connectivity index (χ2v) is 24.1. The molecule has 18 nitrogen and oxygen atoms in total. The number of aliphatic hydroxyl groups excluding tert-OH is 1. The summed E-state index contributed by atoms with van der Waals surface area (Å²) in [7, 11) is 0. The molecular formula is C61H74N8O10S. The second-order valence-electron chi connectivity index (χ2n) is 23.2. The Labute approximate surface area is 471 Å². The number of aliphatic hydroxyl groups is 1. The number of ether oxygens (including phenoxy) is 2. The number of aromatic nitrogens is 1. The van der Waals surface area contributed by atoms with Crippen LogP contribution < -0.4 is 31.9 Å². The van der Waals surface area contributed by atoms with Gasteiger partial charge in [-0.3, -0.25) is 33.7 Å². The van der Waals surface area contributed by atoms with E-state index in [9.17, 15) is 38.7 Å². The average Bonchev–Trinajstić information content (AvgIpc) is 4.15. The fraction of sp³-hybridized carbons (Fsp3) is 0.443. The van der Waals surface area contributed by atoms with Crippen LogP contribution >= 0.6 is 11.3 Å². The van der Waals surface area contributed by atoms with Crippen molar-refractivity contribution in [3.8, 4) is 21.6 Å². The van der Waals surface area contributed by atoms with E-state index in [1.165, 1.54) is 9.80 Å². The van der Waals surface area contributed by atoms with Crippen LogP contribution in [-0.2, 0) is 70.7 Å². The molecule has 0 spiro atoms. The first-order valence-corrected chi connectivity index (χ1v) is 28.2. The Morgan fingerprint density at radius 3 is 2.20 bits per heavy atom. The molecule has 0 radical (unpaired) electrons. The minimum atomic E-state index is -0.989. The van der Waals surface area contributed by atoms with Crippen LogP contribution in [0.25, 0.3) is 21.6 Å². The number of thiazole rings is 1. The molecule has 0 unspecified atom stereocenters. The molecule has 3 aliphatic heterocycles. The van der Waals surface area contributed by atoms with Crippen molar-refractivity contribution in [3.63, 3.8) is 0 Å². The van der Waals surface area contributed by atoms with Crippen molar-refractivity contribution in [2.75, 3.05) is 11.4 Å². The Hall–Kier alpha value is -7.48. The largest absolute Gasteiger partial charge is 0.444 e. The summed E-state index contributed by atoms with van der Waals surface area (Å²) in [6.45, 7) is 14.9. The Kier molecular flexibility index (Phi) is 18.3. The Bertz CT molecular complexity index is 3090. The molecule has 7 atom stereocenters. The molecule has 0 bridgehead atoms. The molecule has 7 amide bonds. The molecule has 1 aromatic heterocycles. The third-order valence-electron chi connectivity index (χ3n) is 14.8. The Morgan fingerprint density at radius 1 is 0.838 bits per heavy atom. The maximum absolute atomic E-state index is 14.3. The molecule has 1 saturated heterocycles. The SMILES string of the molecule is Cc1ncsc1-c1ccc(CNC(=O)[C@@H]2C[C@@H](O)CN2C(=O)[C@@H](NC(=O)Cc2cccc(-c3ccc(CO[C@H](C)[C@H](CCC(N)=O)NC(=O)[C@@H]4Cc5cccc6c5N4C(=O)[C@@H](NC(=O)OC(C)(C)C)CC6)cc3)c2)C(C)(C)C)cc1. The summed E-state index contributed by atoms with van der Waals surface area (Å²) in [5, 5.41) is 22.4. The molecule has 4 heterocycles. The lowest BCUT2D eigenvalue weighted by molar-refractivity contribution is -0.144. The van der Waals surface area contributed by atoms with Crippen LogP contribution in [-0.4, -0.2) is 111 Å². The highest BCUT2D eigenvalue weighted by molar-refractivity contribution is 7.13. The van der Waals surface area contributed by atoms with E-state index in [1.54, 1.807) is 32.1 Å². The molecule has 0 aliphatic carbocycles. The Balaban J connectivity index is 0.862. The summed E-state index contributed by atoms with van der Waals surface area (Å²) in [6, 6.07) is 24.5. The fourth-order valence-electron chi connectivity index (χ4n) is 10.6. The van der Waals surface area contributed by atoms with Crippen LogP contribution in [0, 0.1) is 12.3 Å². The van der Waals surface area contributed by atoms with Crippen molar-refractivity contribution in [2.24, 2.45) is 11.1 Å². The van der Waals surface area contributed by atoms with E-state index in [0.29, 0.717) is 24.1 Å². The van der Waals surface area contributed by atoms with Crippen LogP contribution in [0.5, 0.6) is 0 Å². The zero-order chi connectivity index (χ0) is 57.6. The number of alkyl carbamates (subject to hydrolysis) is 1. The van der Waals surface area contributed by atoms with Crippen molar-refractivity contribution in [2.45, 2.75) is 162 Å². The van der Waals surface area contributed by atoms with Gasteiger partial charge in [-0.1, -0.05) is 112 Å². The molecule has 19 heteroatoms. The average molecular weight is 1110 g/mol. The van der Waals surface area contributed by atoms with Crippen molar-refractivity contribution >= 4 is 58.6 Å². The van der Waals surface area contributed by atoms with Gasteiger partial charge in [0.1, 0.15) is 29.8 Å². The predicted octanol–water partition coefficient (Wildman–Crippen LogP) is 6.59. The minimum Gasteiger partial charge on any atom is -0.444 e. The lowest BCUT2D eigenvalue weighted by Gasteiger charge is -2.35. The van der Waals surface area contributed by atoms with Gasteiger partial charge in [-0.05, 0) is 104 Å². The third kappa shape index (κ3) is 14.5. The number of amides is 7. The lowest BCUT2D eigenvalue weighted by Crippen LogP contribution is -2.58. The zero-order valence-electron chi connectivity index (χ0n) is 46.8. The van der Waals surface area contributed by atoms with Gasteiger partial charge in [-0.15, -0.1) is 11.3 Å². The molecule has 5 aromatic rings. The monoisotopic (exact) mass is 1110 g/mol. The molecule has 1 fully saturated rings. The highest BCUT2D eigenvalue weighted by atomic mass is 32.1. The summed E-state index contributed by atoms with van der Waals surface area (Å²) in [5.74, 6) is -2.58. The van der Waals surface area contributed by atoms with Gasteiger partial charge in [0.15, 0.2) is 0 Å². The second kappa shape index (κ2) is 24.9.